The number of carbonyl (C=O) groups excluding carboxylic acids is 1. The Bertz CT molecular complexity index is 960. The van der Waals surface area contributed by atoms with Gasteiger partial charge in [-0.05, 0) is 43.7 Å². The maximum atomic E-state index is 14.1. The molecule has 0 aromatic heterocycles. The Morgan fingerprint density at radius 2 is 2.03 bits per heavy atom. The number of anilines is 1. The summed E-state index contributed by atoms with van der Waals surface area (Å²) in [5.41, 5.74) is 0.926. The molecule has 1 aliphatic heterocycles. The minimum Gasteiger partial charge on any atom is -0.497 e. The Morgan fingerprint density at radius 3 is 2.76 bits per heavy atom. The van der Waals surface area contributed by atoms with Crippen molar-refractivity contribution < 1.29 is 18.3 Å². The second-order valence-corrected chi connectivity index (χ2v) is 7.42. The van der Waals surface area contributed by atoms with Gasteiger partial charge in [-0.3, -0.25) is 9.79 Å². The molecule has 2 aromatic carbocycles. The summed E-state index contributed by atoms with van der Waals surface area (Å²) in [5.74, 6) is -0.0713. The molecule has 1 amide bonds. The maximum Gasteiger partial charge on any atom is 0.251 e. The second kappa shape index (κ2) is 13.2. The lowest BCUT2D eigenvalue weighted by atomic mass is 10.2. The molecule has 0 saturated carbocycles. The van der Waals surface area contributed by atoms with Crippen molar-refractivity contribution in [2.75, 3.05) is 44.7 Å². The van der Waals surface area contributed by atoms with E-state index in [0.717, 1.165) is 12.5 Å². The lowest BCUT2D eigenvalue weighted by molar-refractivity contribution is 0.0954. The minimum atomic E-state index is -0.583. The van der Waals surface area contributed by atoms with E-state index in [9.17, 15) is 13.6 Å². The highest BCUT2D eigenvalue weighted by Gasteiger charge is 2.25. The Labute approximate surface area is 210 Å². The van der Waals surface area contributed by atoms with Crippen molar-refractivity contribution in [3.8, 4) is 5.75 Å². The number of ether oxygens (including phenoxy) is 1. The van der Waals surface area contributed by atoms with Crippen LogP contribution in [0.2, 0.25) is 0 Å². The van der Waals surface area contributed by atoms with Crippen molar-refractivity contribution in [2.24, 2.45) is 4.99 Å². The summed E-state index contributed by atoms with van der Waals surface area (Å²) < 4.78 is 32.4. The Hall–Kier alpha value is -2.63. The SMILES string of the molecule is CCNC(=NCCNC(=O)c1cccc(OC)c1)NC1CCN(c2ccc(F)cc2F)C1.I. The van der Waals surface area contributed by atoms with E-state index in [1.54, 1.807) is 31.4 Å². The molecule has 3 rings (SSSR count). The molecule has 1 fully saturated rings. The van der Waals surface area contributed by atoms with E-state index in [0.29, 0.717) is 55.7 Å². The predicted octanol–water partition coefficient (Wildman–Crippen LogP) is 3.16. The summed E-state index contributed by atoms with van der Waals surface area (Å²) in [5, 5.41) is 9.38. The van der Waals surface area contributed by atoms with Crippen LogP contribution in [0.3, 0.4) is 0 Å². The van der Waals surface area contributed by atoms with Crippen molar-refractivity contribution in [3.05, 3.63) is 59.7 Å². The smallest absolute Gasteiger partial charge is 0.251 e. The number of aliphatic imine (C=N–C) groups is 1. The number of benzene rings is 2. The number of nitrogens with one attached hydrogen (secondary N) is 3. The number of nitrogens with zero attached hydrogens (tertiary/aromatic N) is 2. The van der Waals surface area contributed by atoms with Crippen molar-refractivity contribution >= 4 is 41.5 Å². The molecule has 0 aliphatic carbocycles. The first kappa shape index (κ1) is 26.6. The minimum absolute atomic E-state index is 0. The average molecular weight is 573 g/mol. The van der Waals surface area contributed by atoms with Crippen molar-refractivity contribution in [1.82, 2.24) is 16.0 Å². The lowest BCUT2D eigenvalue weighted by Gasteiger charge is -2.21. The Balaban J connectivity index is 0.00000385. The molecule has 1 aliphatic rings. The zero-order valence-electron chi connectivity index (χ0n) is 18.7. The van der Waals surface area contributed by atoms with Crippen LogP contribution in [0.15, 0.2) is 47.5 Å². The summed E-state index contributed by atoms with van der Waals surface area (Å²) >= 11 is 0. The van der Waals surface area contributed by atoms with Crippen LogP contribution in [0, 0.1) is 11.6 Å². The quantitative estimate of drug-likeness (QED) is 0.196. The van der Waals surface area contributed by atoms with Gasteiger partial charge in [-0.15, -0.1) is 24.0 Å². The van der Waals surface area contributed by atoms with Crippen LogP contribution >= 0.6 is 24.0 Å². The van der Waals surface area contributed by atoms with Gasteiger partial charge in [0.25, 0.3) is 5.91 Å². The molecular weight excluding hydrogens is 543 g/mol. The van der Waals surface area contributed by atoms with E-state index in [-0.39, 0.29) is 35.9 Å². The summed E-state index contributed by atoms with van der Waals surface area (Å²) in [6.45, 7) is 4.68. The summed E-state index contributed by atoms with van der Waals surface area (Å²) in [6, 6.07) is 10.7. The molecule has 0 radical (unpaired) electrons. The van der Waals surface area contributed by atoms with E-state index in [1.807, 2.05) is 11.8 Å². The number of carbonyl (C=O) groups is 1. The normalized spacial score (nSPS) is 15.6. The molecule has 180 valence electrons. The van der Waals surface area contributed by atoms with Gasteiger partial charge in [0.15, 0.2) is 5.96 Å². The Kier molecular flexibility index (Phi) is 10.6. The zero-order valence-corrected chi connectivity index (χ0v) is 21.1. The van der Waals surface area contributed by atoms with Gasteiger partial charge in [-0.2, -0.15) is 0 Å². The second-order valence-electron chi connectivity index (χ2n) is 7.42. The fourth-order valence-corrected chi connectivity index (χ4v) is 3.55. The molecule has 7 nitrogen and oxygen atoms in total. The third kappa shape index (κ3) is 7.72. The third-order valence-corrected chi connectivity index (χ3v) is 5.12. The van der Waals surface area contributed by atoms with E-state index in [4.69, 9.17) is 4.74 Å². The first-order chi connectivity index (χ1) is 15.5. The molecule has 10 heteroatoms. The molecule has 0 bridgehead atoms. The van der Waals surface area contributed by atoms with Crippen LogP contribution in [-0.2, 0) is 0 Å². The van der Waals surface area contributed by atoms with Crippen LogP contribution in [0.25, 0.3) is 0 Å². The van der Waals surface area contributed by atoms with Crippen molar-refractivity contribution in [1.29, 1.82) is 0 Å². The van der Waals surface area contributed by atoms with Gasteiger partial charge in [0, 0.05) is 43.9 Å². The molecule has 33 heavy (non-hydrogen) atoms. The maximum absolute atomic E-state index is 14.1. The van der Waals surface area contributed by atoms with Crippen molar-refractivity contribution in [2.45, 2.75) is 19.4 Å². The number of amides is 1. The van der Waals surface area contributed by atoms with Gasteiger partial charge >= 0.3 is 0 Å². The van der Waals surface area contributed by atoms with E-state index in [2.05, 4.69) is 20.9 Å². The number of guanidine groups is 1. The first-order valence-electron chi connectivity index (χ1n) is 10.7. The van der Waals surface area contributed by atoms with Crippen LogP contribution < -0.4 is 25.6 Å². The van der Waals surface area contributed by atoms with Gasteiger partial charge in [0.1, 0.15) is 17.4 Å². The highest BCUT2D eigenvalue weighted by Crippen LogP contribution is 2.24. The molecule has 1 unspecified atom stereocenters. The molecule has 1 heterocycles. The molecule has 0 spiro atoms. The largest absolute Gasteiger partial charge is 0.497 e. The van der Waals surface area contributed by atoms with Gasteiger partial charge in [0.2, 0.25) is 0 Å². The standard InChI is InChI=1S/C23H29F2N5O2.HI/c1-3-26-23(28-11-10-27-22(31)16-5-4-6-19(13-16)32-2)29-18-9-12-30(15-18)21-8-7-17(24)14-20(21)25;/h4-8,13-14,18H,3,9-12,15H2,1-2H3,(H,27,31)(H2,26,28,29);1H. The highest BCUT2D eigenvalue weighted by molar-refractivity contribution is 14.0. The van der Waals surface area contributed by atoms with Crippen LogP contribution in [0.4, 0.5) is 14.5 Å². The first-order valence-corrected chi connectivity index (χ1v) is 10.7. The van der Waals surface area contributed by atoms with E-state index >= 15 is 0 Å². The van der Waals surface area contributed by atoms with Crippen LogP contribution in [0.1, 0.15) is 23.7 Å². The number of methoxy groups -OCH3 is 1. The van der Waals surface area contributed by atoms with Crippen LogP contribution in [-0.4, -0.2) is 57.7 Å². The predicted molar refractivity (Wildman–Crippen MR) is 137 cm³/mol. The summed E-state index contributed by atoms with van der Waals surface area (Å²) in [4.78, 5) is 18.7. The monoisotopic (exact) mass is 573 g/mol. The summed E-state index contributed by atoms with van der Waals surface area (Å²) in [6.07, 6.45) is 0.799. The summed E-state index contributed by atoms with van der Waals surface area (Å²) in [7, 11) is 1.56. The zero-order chi connectivity index (χ0) is 22.9. The van der Waals surface area contributed by atoms with E-state index < -0.39 is 11.6 Å². The molecule has 2 aromatic rings. The third-order valence-electron chi connectivity index (χ3n) is 5.12. The molecular formula is C23H30F2IN5O2. The number of hydrogen-bond donors (Lipinski definition) is 3. The van der Waals surface area contributed by atoms with Crippen molar-refractivity contribution in [3.63, 3.8) is 0 Å². The van der Waals surface area contributed by atoms with Gasteiger partial charge in [0.05, 0.1) is 19.3 Å². The highest BCUT2D eigenvalue weighted by atomic mass is 127. The fourth-order valence-electron chi connectivity index (χ4n) is 3.55. The van der Waals surface area contributed by atoms with Gasteiger partial charge in [-0.1, -0.05) is 6.07 Å². The molecule has 1 atom stereocenters. The lowest BCUT2D eigenvalue weighted by Crippen LogP contribution is -2.45. The van der Waals surface area contributed by atoms with Crippen LogP contribution in [0.5, 0.6) is 5.75 Å². The van der Waals surface area contributed by atoms with E-state index in [1.165, 1.54) is 12.1 Å². The molecule has 3 N–H and O–H groups in total. The Morgan fingerprint density at radius 1 is 1.21 bits per heavy atom. The number of halogens is 3. The van der Waals surface area contributed by atoms with Gasteiger partial charge < -0.3 is 25.6 Å². The fraction of sp³-hybridized carbons (Fsp3) is 0.391. The number of rotatable bonds is 8. The molecule has 1 saturated heterocycles. The number of hydrogen-bond acceptors (Lipinski definition) is 4. The van der Waals surface area contributed by atoms with Gasteiger partial charge in [-0.25, -0.2) is 8.78 Å². The average Bonchev–Trinajstić information content (AvgIpc) is 3.24. The topological polar surface area (TPSA) is 78.0 Å².